The van der Waals surface area contributed by atoms with E-state index >= 15 is 0 Å². The molecule has 0 atom stereocenters. The lowest BCUT2D eigenvalue weighted by Gasteiger charge is -2.07. The SMILES string of the molecule is CCn1c(SCC(=O)NCCO)nnc1-c1ccc(Cl)cc1. The van der Waals surface area contributed by atoms with Crippen LogP contribution in [0.4, 0.5) is 0 Å². The van der Waals surface area contributed by atoms with E-state index in [0.29, 0.717) is 16.7 Å². The van der Waals surface area contributed by atoms with Crippen molar-refractivity contribution in [2.45, 2.75) is 18.6 Å². The van der Waals surface area contributed by atoms with Crippen molar-refractivity contribution >= 4 is 29.3 Å². The lowest BCUT2D eigenvalue weighted by Crippen LogP contribution is -2.28. The Bertz CT molecular complexity index is 630. The summed E-state index contributed by atoms with van der Waals surface area (Å²) in [5.74, 6) is 0.842. The molecular weight excluding hydrogens is 324 g/mol. The Kier molecular flexibility index (Phi) is 6.23. The third kappa shape index (κ3) is 4.22. The van der Waals surface area contributed by atoms with Crippen LogP contribution in [0.1, 0.15) is 6.92 Å². The van der Waals surface area contributed by atoms with E-state index in [4.69, 9.17) is 16.7 Å². The number of hydrogen-bond acceptors (Lipinski definition) is 5. The number of aliphatic hydroxyl groups excluding tert-OH is 1. The average Bonchev–Trinajstić information content (AvgIpc) is 2.94. The molecule has 0 aliphatic rings. The monoisotopic (exact) mass is 340 g/mol. The van der Waals surface area contributed by atoms with Crippen LogP contribution < -0.4 is 5.32 Å². The largest absolute Gasteiger partial charge is 0.395 e. The van der Waals surface area contributed by atoms with Crippen LogP contribution in [0.15, 0.2) is 29.4 Å². The molecule has 0 saturated carbocycles. The van der Waals surface area contributed by atoms with Gasteiger partial charge in [-0.15, -0.1) is 10.2 Å². The molecule has 0 aliphatic heterocycles. The van der Waals surface area contributed by atoms with Crippen molar-refractivity contribution in [1.29, 1.82) is 0 Å². The Labute approximate surface area is 137 Å². The maximum Gasteiger partial charge on any atom is 0.230 e. The molecule has 0 spiro atoms. The van der Waals surface area contributed by atoms with Gasteiger partial charge in [0.1, 0.15) is 0 Å². The van der Waals surface area contributed by atoms with Gasteiger partial charge in [0.2, 0.25) is 5.91 Å². The number of benzene rings is 1. The van der Waals surface area contributed by atoms with Gasteiger partial charge in [0.15, 0.2) is 11.0 Å². The van der Waals surface area contributed by atoms with Crippen LogP contribution in [0, 0.1) is 0 Å². The minimum atomic E-state index is -0.141. The van der Waals surface area contributed by atoms with Crippen molar-refractivity contribution in [1.82, 2.24) is 20.1 Å². The molecule has 2 N–H and O–H groups in total. The van der Waals surface area contributed by atoms with Gasteiger partial charge < -0.3 is 15.0 Å². The van der Waals surface area contributed by atoms with Crippen molar-refractivity contribution in [2.75, 3.05) is 18.9 Å². The fraction of sp³-hybridized carbons (Fsp3) is 0.357. The highest BCUT2D eigenvalue weighted by molar-refractivity contribution is 7.99. The second kappa shape index (κ2) is 8.17. The molecule has 0 bridgehead atoms. The van der Waals surface area contributed by atoms with Gasteiger partial charge >= 0.3 is 0 Å². The van der Waals surface area contributed by atoms with Gasteiger partial charge in [-0.1, -0.05) is 23.4 Å². The number of carbonyl (C=O) groups is 1. The van der Waals surface area contributed by atoms with Gasteiger partial charge in [0, 0.05) is 23.7 Å². The van der Waals surface area contributed by atoms with Crippen LogP contribution in [-0.2, 0) is 11.3 Å². The van der Waals surface area contributed by atoms with Gasteiger partial charge in [0.25, 0.3) is 0 Å². The lowest BCUT2D eigenvalue weighted by atomic mass is 10.2. The summed E-state index contributed by atoms with van der Waals surface area (Å²) in [4.78, 5) is 11.6. The fourth-order valence-corrected chi connectivity index (χ4v) is 2.83. The normalized spacial score (nSPS) is 10.7. The molecule has 2 rings (SSSR count). The maximum absolute atomic E-state index is 11.6. The van der Waals surface area contributed by atoms with E-state index < -0.39 is 0 Å². The zero-order valence-electron chi connectivity index (χ0n) is 12.1. The predicted octanol–water partition coefficient (Wildman–Crippen LogP) is 1.82. The van der Waals surface area contributed by atoms with Crippen LogP contribution in [0.25, 0.3) is 11.4 Å². The van der Waals surface area contributed by atoms with E-state index in [2.05, 4.69) is 15.5 Å². The topological polar surface area (TPSA) is 80.0 Å². The molecule has 1 amide bonds. The minimum Gasteiger partial charge on any atom is -0.395 e. The number of carbonyl (C=O) groups excluding carboxylic acids is 1. The molecule has 0 radical (unpaired) electrons. The highest BCUT2D eigenvalue weighted by Gasteiger charge is 2.14. The van der Waals surface area contributed by atoms with Gasteiger partial charge in [-0.2, -0.15) is 0 Å². The fourth-order valence-electron chi connectivity index (χ4n) is 1.87. The number of thioether (sulfide) groups is 1. The molecule has 8 heteroatoms. The first-order chi connectivity index (χ1) is 10.7. The molecule has 1 heterocycles. The maximum atomic E-state index is 11.6. The number of nitrogens with zero attached hydrogens (tertiary/aromatic N) is 3. The van der Waals surface area contributed by atoms with Crippen molar-refractivity contribution in [3.8, 4) is 11.4 Å². The van der Waals surface area contributed by atoms with E-state index in [1.54, 1.807) is 12.1 Å². The smallest absolute Gasteiger partial charge is 0.230 e. The Balaban J connectivity index is 2.10. The molecular formula is C14H17ClN4O2S. The first-order valence-corrected chi connectivity index (χ1v) is 8.21. The number of aromatic nitrogens is 3. The van der Waals surface area contributed by atoms with E-state index in [0.717, 1.165) is 11.4 Å². The van der Waals surface area contributed by atoms with Gasteiger partial charge in [-0.3, -0.25) is 4.79 Å². The highest BCUT2D eigenvalue weighted by atomic mass is 35.5. The molecule has 118 valence electrons. The number of hydrogen-bond donors (Lipinski definition) is 2. The molecule has 1 aromatic heterocycles. The number of amides is 1. The second-order valence-corrected chi connectivity index (χ2v) is 5.80. The first-order valence-electron chi connectivity index (χ1n) is 6.85. The lowest BCUT2D eigenvalue weighted by molar-refractivity contribution is -0.118. The molecule has 0 unspecified atom stereocenters. The van der Waals surface area contributed by atoms with Crippen LogP contribution in [0.2, 0.25) is 5.02 Å². The molecule has 22 heavy (non-hydrogen) atoms. The molecule has 0 fully saturated rings. The molecule has 6 nitrogen and oxygen atoms in total. The van der Waals surface area contributed by atoms with E-state index in [-0.39, 0.29) is 24.8 Å². The van der Waals surface area contributed by atoms with E-state index in [1.165, 1.54) is 11.8 Å². The van der Waals surface area contributed by atoms with E-state index in [1.807, 2.05) is 23.6 Å². The van der Waals surface area contributed by atoms with Gasteiger partial charge in [0.05, 0.1) is 12.4 Å². The van der Waals surface area contributed by atoms with Crippen molar-refractivity contribution < 1.29 is 9.90 Å². The zero-order chi connectivity index (χ0) is 15.9. The summed E-state index contributed by atoms with van der Waals surface area (Å²) in [5.41, 5.74) is 0.926. The number of aliphatic hydroxyl groups is 1. The summed E-state index contributed by atoms with van der Waals surface area (Å²) < 4.78 is 1.95. The summed E-state index contributed by atoms with van der Waals surface area (Å²) in [6, 6.07) is 7.39. The van der Waals surface area contributed by atoms with Gasteiger partial charge in [-0.05, 0) is 31.2 Å². The number of rotatable bonds is 7. The summed E-state index contributed by atoms with van der Waals surface area (Å²) in [6.07, 6.45) is 0. The van der Waals surface area contributed by atoms with E-state index in [9.17, 15) is 4.79 Å². The van der Waals surface area contributed by atoms with Crippen molar-refractivity contribution in [2.24, 2.45) is 0 Å². The third-order valence-electron chi connectivity index (χ3n) is 2.90. The first kappa shape index (κ1) is 16.8. The Morgan fingerprint density at radius 3 is 2.73 bits per heavy atom. The zero-order valence-corrected chi connectivity index (χ0v) is 13.7. The Hall–Kier alpha value is -1.57. The summed E-state index contributed by atoms with van der Waals surface area (Å²) in [5, 5.41) is 21.0. The summed E-state index contributed by atoms with van der Waals surface area (Å²) in [7, 11) is 0. The minimum absolute atomic E-state index is 0.0672. The standard InChI is InChI=1S/C14H17ClN4O2S/c1-2-19-13(10-3-5-11(15)6-4-10)17-18-14(19)22-9-12(21)16-7-8-20/h3-6,20H,2,7-9H2,1H3,(H,16,21). The number of halogens is 1. The van der Waals surface area contributed by atoms with Crippen LogP contribution >= 0.6 is 23.4 Å². The van der Waals surface area contributed by atoms with Crippen LogP contribution in [0.5, 0.6) is 0 Å². The third-order valence-corrected chi connectivity index (χ3v) is 4.12. The quantitative estimate of drug-likeness (QED) is 0.751. The van der Waals surface area contributed by atoms with Crippen molar-refractivity contribution in [3.63, 3.8) is 0 Å². The molecule has 0 saturated heterocycles. The summed E-state index contributed by atoms with van der Waals surface area (Å²) >= 11 is 7.21. The van der Waals surface area contributed by atoms with Crippen LogP contribution in [-0.4, -0.2) is 44.7 Å². The number of nitrogens with one attached hydrogen (secondary N) is 1. The summed E-state index contributed by atoms with van der Waals surface area (Å²) in [6.45, 7) is 2.89. The molecule has 0 aliphatic carbocycles. The Morgan fingerprint density at radius 1 is 1.36 bits per heavy atom. The van der Waals surface area contributed by atoms with Crippen molar-refractivity contribution in [3.05, 3.63) is 29.3 Å². The molecule has 2 aromatic rings. The second-order valence-electron chi connectivity index (χ2n) is 4.42. The average molecular weight is 341 g/mol. The van der Waals surface area contributed by atoms with Crippen LogP contribution in [0.3, 0.4) is 0 Å². The Morgan fingerprint density at radius 2 is 2.09 bits per heavy atom. The predicted molar refractivity (Wildman–Crippen MR) is 87.0 cm³/mol. The molecule has 1 aromatic carbocycles. The van der Waals surface area contributed by atoms with Gasteiger partial charge in [-0.25, -0.2) is 0 Å². The highest BCUT2D eigenvalue weighted by Crippen LogP contribution is 2.24.